The number of hydrogen-bond acceptors (Lipinski definition) is 7. The van der Waals surface area contributed by atoms with Gasteiger partial charge in [-0.2, -0.15) is 5.26 Å². The number of nitriles is 1. The summed E-state index contributed by atoms with van der Waals surface area (Å²) in [6, 6.07) is 13.6. The lowest BCUT2D eigenvalue weighted by atomic mass is 10.1. The number of anilines is 1. The van der Waals surface area contributed by atoms with E-state index in [0.717, 1.165) is 0 Å². The fraction of sp³-hybridized carbons (Fsp3) is 0.190. The fourth-order valence-electron chi connectivity index (χ4n) is 2.51. The van der Waals surface area contributed by atoms with Crippen LogP contribution in [0, 0.1) is 11.3 Å². The van der Waals surface area contributed by atoms with Gasteiger partial charge in [0.2, 0.25) is 6.79 Å². The molecule has 2 aromatic rings. The molecule has 148 valence electrons. The van der Waals surface area contributed by atoms with E-state index in [1.54, 1.807) is 48.5 Å². The van der Waals surface area contributed by atoms with E-state index in [-0.39, 0.29) is 12.4 Å². The molecule has 1 N–H and O–H groups in total. The second-order valence-corrected chi connectivity index (χ2v) is 5.86. The molecule has 3 rings (SSSR count). The van der Waals surface area contributed by atoms with Gasteiger partial charge in [-0.25, -0.2) is 4.79 Å². The molecule has 0 saturated carbocycles. The van der Waals surface area contributed by atoms with E-state index in [0.29, 0.717) is 35.1 Å². The zero-order valence-corrected chi connectivity index (χ0v) is 15.6. The van der Waals surface area contributed by atoms with E-state index in [1.807, 2.05) is 6.92 Å². The van der Waals surface area contributed by atoms with Crippen molar-refractivity contribution in [2.24, 2.45) is 0 Å². The number of carbonyl (C=O) groups excluding carboxylic acids is 2. The SMILES string of the molecule is CCOc1ccc(NC(=O)COC(=O)/C(C#N)=C/c2ccc3c(c2)OCO3)cc1. The highest BCUT2D eigenvalue weighted by Crippen LogP contribution is 2.33. The van der Waals surface area contributed by atoms with Crippen LogP contribution in [-0.4, -0.2) is 31.9 Å². The van der Waals surface area contributed by atoms with Crippen LogP contribution in [0.15, 0.2) is 48.0 Å². The highest BCUT2D eigenvalue weighted by Gasteiger charge is 2.16. The maximum absolute atomic E-state index is 12.1. The molecule has 2 aromatic carbocycles. The Morgan fingerprint density at radius 1 is 1.17 bits per heavy atom. The summed E-state index contributed by atoms with van der Waals surface area (Å²) in [7, 11) is 0. The van der Waals surface area contributed by atoms with E-state index in [9.17, 15) is 14.9 Å². The molecule has 0 atom stereocenters. The standard InChI is InChI=1S/C21H18N2O6/c1-2-26-17-6-4-16(5-7-17)23-20(24)12-27-21(25)15(11-22)9-14-3-8-18-19(10-14)29-13-28-18/h3-10H,2,12-13H2,1H3,(H,23,24)/b15-9+. The summed E-state index contributed by atoms with van der Waals surface area (Å²) >= 11 is 0. The third kappa shape index (κ3) is 5.26. The number of esters is 1. The first kappa shape index (κ1) is 19.8. The molecule has 1 amide bonds. The highest BCUT2D eigenvalue weighted by molar-refractivity contribution is 6.00. The molecule has 0 aliphatic carbocycles. The number of nitrogens with zero attached hydrogens (tertiary/aromatic N) is 1. The van der Waals surface area contributed by atoms with Crippen LogP contribution < -0.4 is 19.5 Å². The lowest BCUT2D eigenvalue weighted by Crippen LogP contribution is -2.21. The van der Waals surface area contributed by atoms with Crippen LogP contribution in [0.25, 0.3) is 6.08 Å². The van der Waals surface area contributed by atoms with Gasteiger partial charge in [0.15, 0.2) is 18.1 Å². The largest absolute Gasteiger partial charge is 0.494 e. The van der Waals surface area contributed by atoms with Crippen molar-refractivity contribution >= 4 is 23.6 Å². The van der Waals surface area contributed by atoms with Crippen LogP contribution in [0.1, 0.15) is 12.5 Å². The van der Waals surface area contributed by atoms with Crippen LogP contribution in [0.3, 0.4) is 0 Å². The average Bonchev–Trinajstić information content (AvgIpc) is 3.20. The third-order valence-electron chi connectivity index (χ3n) is 3.83. The first-order valence-corrected chi connectivity index (χ1v) is 8.80. The van der Waals surface area contributed by atoms with Gasteiger partial charge < -0.3 is 24.3 Å². The van der Waals surface area contributed by atoms with Gasteiger partial charge in [0, 0.05) is 5.69 Å². The minimum atomic E-state index is -0.896. The highest BCUT2D eigenvalue weighted by atomic mass is 16.7. The summed E-state index contributed by atoms with van der Waals surface area (Å²) in [5.74, 6) is 0.382. The van der Waals surface area contributed by atoms with Crippen molar-refractivity contribution < 1.29 is 28.5 Å². The zero-order valence-electron chi connectivity index (χ0n) is 15.6. The number of rotatable bonds is 7. The minimum Gasteiger partial charge on any atom is -0.494 e. The second kappa shape index (κ2) is 9.28. The van der Waals surface area contributed by atoms with Gasteiger partial charge in [-0.05, 0) is 55.0 Å². The number of hydrogen-bond donors (Lipinski definition) is 1. The minimum absolute atomic E-state index is 0.124. The molecule has 0 saturated heterocycles. The van der Waals surface area contributed by atoms with E-state index in [4.69, 9.17) is 18.9 Å². The van der Waals surface area contributed by atoms with Crippen molar-refractivity contribution in [3.8, 4) is 23.3 Å². The van der Waals surface area contributed by atoms with Gasteiger partial charge in [0.05, 0.1) is 6.61 Å². The van der Waals surface area contributed by atoms with Crippen LogP contribution in [0.4, 0.5) is 5.69 Å². The maximum atomic E-state index is 12.1. The van der Waals surface area contributed by atoms with E-state index >= 15 is 0 Å². The molecular formula is C21H18N2O6. The Morgan fingerprint density at radius 2 is 1.93 bits per heavy atom. The first-order valence-electron chi connectivity index (χ1n) is 8.80. The molecule has 0 radical (unpaired) electrons. The smallest absolute Gasteiger partial charge is 0.349 e. The van der Waals surface area contributed by atoms with E-state index in [2.05, 4.69) is 5.32 Å². The Labute approximate surface area is 167 Å². The van der Waals surface area contributed by atoms with Crippen molar-refractivity contribution in [3.05, 3.63) is 53.6 Å². The van der Waals surface area contributed by atoms with Crippen molar-refractivity contribution in [3.63, 3.8) is 0 Å². The summed E-state index contributed by atoms with van der Waals surface area (Å²) in [5, 5.41) is 11.8. The molecule has 1 aliphatic rings. The molecule has 29 heavy (non-hydrogen) atoms. The van der Waals surface area contributed by atoms with Crippen molar-refractivity contribution in [1.29, 1.82) is 5.26 Å². The quantitative estimate of drug-likeness (QED) is 0.437. The molecule has 8 heteroatoms. The lowest BCUT2D eigenvalue weighted by molar-refractivity contribution is -0.142. The van der Waals surface area contributed by atoms with Crippen LogP contribution >= 0.6 is 0 Å². The van der Waals surface area contributed by atoms with Crippen molar-refractivity contribution in [1.82, 2.24) is 0 Å². The molecule has 0 unspecified atom stereocenters. The van der Waals surface area contributed by atoms with Crippen LogP contribution in [-0.2, 0) is 14.3 Å². The first-order chi connectivity index (χ1) is 14.1. The Bertz CT molecular complexity index is 976. The summed E-state index contributed by atoms with van der Waals surface area (Å²) in [5.41, 5.74) is 0.866. The van der Waals surface area contributed by atoms with Gasteiger partial charge in [0.25, 0.3) is 5.91 Å². The molecule has 0 bridgehead atoms. The van der Waals surface area contributed by atoms with Crippen LogP contribution in [0.5, 0.6) is 17.2 Å². The number of nitrogens with one attached hydrogen (secondary N) is 1. The van der Waals surface area contributed by atoms with Gasteiger partial charge >= 0.3 is 5.97 Å². The molecular weight excluding hydrogens is 376 g/mol. The summed E-state index contributed by atoms with van der Waals surface area (Å²) < 4.78 is 20.7. The molecule has 0 aromatic heterocycles. The maximum Gasteiger partial charge on any atom is 0.349 e. The number of benzene rings is 2. The number of carbonyl (C=O) groups is 2. The normalized spacial score (nSPS) is 12.1. The predicted octanol–water partition coefficient (Wildman–Crippen LogP) is 2.90. The van der Waals surface area contributed by atoms with E-state index in [1.165, 1.54) is 6.08 Å². The topological polar surface area (TPSA) is 107 Å². The third-order valence-corrected chi connectivity index (χ3v) is 3.83. The summed E-state index contributed by atoms with van der Waals surface area (Å²) in [6.07, 6.45) is 1.36. The molecule has 0 spiro atoms. The Morgan fingerprint density at radius 3 is 2.66 bits per heavy atom. The van der Waals surface area contributed by atoms with Crippen molar-refractivity contribution in [2.75, 3.05) is 25.3 Å². The lowest BCUT2D eigenvalue weighted by Gasteiger charge is -2.08. The van der Waals surface area contributed by atoms with Crippen LogP contribution in [0.2, 0.25) is 0 Å². The summed E-state index contributed by atoms with van der Waals surface area (Å²) in [6.45, 7) is 2.02. The monoisotopic (exact) mass is 394 g/mol. The molecule has 1 aliphatic heterocycles. The molecule has 0 fully saturated rings. The Balaban J connectivity index is 1.55. The van der Waals surface area contributed by atoms with Gasteiger partial charge in [-0.1, -0.05) is 6.07 Å². The number of ether oxygens (including phenoxy) is 4. The summed E-state index contributed by atoms with van der Waals surface area (Å²) in [4.78, 5) is 24.1. The number of amides is 1. The molecule has 8 nitrogen and oxygen atoms in total. The predicted molar refractivity (Wildman–Crippen MR) is 103 cm³/mol. The van der Waals surface area contributed by atoms with Crippen molar-refractivity contribution in [2.45, 2.75) is 6.92 Å². The molecule has 1 heterocycles. The van der Waals surface area contributed by atoms with Gasteiger partial charge in [0.1, 0.15) is 17.4 Å². The van der Waals surface area contributed by atoms with Gasteiger partial charge in [-0.15, -0.1) is 0 Å². The average molecular weight is 394 g/mol. The number of fused-ring (bicyclic) bond motifs is 1. The van der Waals surface area contributed by atoms with E-state index < -0.39 is 18.5 Å². The second-order valence-electron chi connectivity index (χ2n) is 5.86. The Kier molecular flexibility index (Phi) is 6.32. The zero-order chi connectivity index (χ0) is 20.6. The van der Waals surface area contributed by atoms with Gasteiger partial charge in [-0.3, -0.25) is 4.79 Å². The fourth-order valence-corrected chi connectivity index (χ4v) is 2.51. The Hall–Kier alpha value is -3.99.